The van der Waals surface area contributed by atoms with E-state index in [1.165, 1.54) is 0 Å². The Kier molecular flexibility index (Phi) is 4.43. The molecular weight excluding hydrogens is 235 g/mol. The zero-order chi connectivity index (χ0) is 13.1. The lowest BCUT2D eigenvalue weighted by Crippen LogP contribution is -2.36. The van der Waals surface area contributed by atoms with Crippen molar-refractivity contribution in [1.82, 2.24) is 0 Å². The molecule has 0 radical (unpaired) electrons. The normalized spacial score (nSPS) is 11.9. The lowest BCUT2D eigenvalue weighted by atomic mass is 9.80. The maximum Gasteiger partial charge on any atom is 0.512 e. The maximum atomic E-state index is 13.1. The zero-order valence-electron chi connectivity index (χ0n) is 9.72. The number of hydrogen-bond donors (Lipinski definition) is 0. The van der Waals surface area contributed by atoms with Gasteiger partial charge in [0.25, 0.3) is 0 Å². The van der Waals surface area contributed by atoms with E-state index < -0.39 is 18.3 Å². The summed E-state index contributed by atoms with van der Waals surface area (Å²) in [6.45, 7) is -0.935. The van der Waals surface area contributed by atoms with Crippen molar-refractivity contribution in [1.29, 1.82) is 0 Å². The van der Waals surface area contributed by atoms with Crippen molar-refractivity contribution in [3.63, 3.8) is 0 Å². The monoisotopic (exact) mass is 249 g/mol. The van der Waals surface area contributed by atoms with Crippen molar-refractivity contribution in [2.75, 3.05) is 6.61 Å². The van der Waals surface area contributed by atoms with Crippen LogP contribution >= 0.6 is 0 Å². The molecule has 0 aliphatic carbocycles. The Labute approximate surface area is 97.8 Å². The van der Waals surface area contributed by atoms with Crippen molar-refractivity contribution < 1.29 is 22.1 Å². The molecule has 0 atom stereocenters. The van der Waals surface area contributed by atoms with Gasteiger partial charge in [0, 0.05) is 6.07 Å². The third-order valence-electron chi connectivity index (χ3n) is 2.29. The van der Waals surface area contributed by atoms with Crippen molar-refractivity contribution in [2.24, 2.45) is 5.92 Å². The highest BCUT2D eigenvalue weighted by molar-refractivity contribution is 6.73. The Hall–Kier alpha value is -1.20. The van der Waals surface area contributed by atoms with Crippen LogP contribution in [0.5, 0.6) is 5.75 Å². The van der Waals surface area contributed by atoms with Crippen molar-refractivity contribution in [3.05, 3.63) is 24.0 Å². The van der Waals surface area contributed by atoms with Gasteiger partial charge in [0.1, 0.15) is 5.75 Å². The zero-order valence-corrected chi connectivity index (χ0v) is 9.72. The minimum Gasteiger partial charge on any atom is -0.493 e. The molecule has 1 nitrogen and oxygen atoms in total. The molecule has 0 aromatic heterocycles. The molecule has 0 heterocycles. The van der Waals surface area contributed by atoms with Crippen LogP contribution in [0, 0.1) is 11.7 Å². The van der Waals surface area contributed by atoms with Crippen molar-refractivity contribution >= 4 is 12.4 Å². The smallest absolute Gasteiger partial charge is 0.493 e. The molecule has 0 aliphatic heterocycles. The summed E-state index contributed by atoms with van der Waals surface area (Å²) in [6.07, 6.45) is 0.770. The maximum absolute atomic E-state index is 13.1. The van der Waals surface area contributed by atoms with Gasteiger partial charge in [0.05, 0.1) is 12.4 Å². The van der Waals surface area contributed by atoms with Crippen LogP contribution in [0.2, 0.25) is 0 Å². The van der Waals surface area contributed by atoms with Crippen LogP contribution < -0.4 is 10.2 Å². The molecule has 6 heteroatoms. The summed E-state index contributed by atoms with van der Waals surface area (Å²) in [4.78, 5) is 0. The van der Waals surface area contributed by atoms with Crippen LogP contribution in [0.3, 0.4) is 0 Å². The second kappa shape index (κ2) is 5.43. The fraction of sp³-hybridized carbons (Fsp3) is 0.455. The molecule has 0 fully saturated rings. The molecule has 0 unspecified atom stereocenters. The van der Waals surface area contributed by atoms with Crippen LogP contribution in [0.1, 0.15) is 20.3 Å². The van der Waals surface area contributed by atoms with Gasteiger partial charge in [-0.25, -0.2) is 4.39 Å². The first-order valence-corrected chi connectivity index (χ1v) is 5.43. The molecular formula is C11H14BF4O-. The van der Waals surface area contributed by atoms with Gasteiger partial charge in [0.2, 0.25) is 0 Å². The topological polar surface area (TPSA) is 9.23 Å². The quantitative estimate of drug-likeness (QED) is 0.574. The minimum atomic E-state index is -5.30. The Morgan fingerprint density at radius 2 is 1.88 bits per heavy atom. The van der Waals surface area contributed by atoms with E-state index in [-0.39, 0.29) is 5.75 Å². The fourth-order valence-electron chi connectivity index (χ4n) is 1.28. The average Bonchev–Trinajstić information content (AvgIpc) is 2.14. The Morgan fingerprint density at radius 3 is 2.35 bits per heavy atom. The van der Waals surface area contributed by atoms with E-state index in [4.69, 9.17) is 4.74 Å². The lowest BCUT2D eigenvalue weighted by Gasteiger charge is -2.16. The highest BCUT2D eigenvalue weighted by atomic mass is 19.4. The summed E-state index contributed by atoms with van der Waals surface area (Å²) in [5.74, 6) is -0.718. The van der Waals surface area contributed by atoms with Crippen LogP contribution in [0.15, 0.2) is 18.2 Å². The largest absolute Gasteiger partial charge is 0.512 e. The Balaban J connectivity index is 2.69. The molecule has 96 valence electrons. The molecule has 0 bridgehead atoms. The highest BCUT2D eigenvalue weighted by Gasteiger charge is 2.28. The van der Waals surface area contributed by atoms with Crippen molar-refractivity contribution in [2.45, 2.75) is 20.3 Å². The first-order chi connectivity index (χ1) is 7.80. The van der Waals surface area contributed by atoms with Gasteiger partial charge in [-0.05, 0) is 18.4 Å². The first kappa shape index (κ1) is 13.9. The summed E-state index contributed by atoms with van der Waals surface area (Å²) < 4.78 is 55.3. The van der Waals surface area contributed by atoms with Gasteiger partial charge in [-0.3, -0.25) is 0 Å². The highest BCUT2D eigenvalue weighted by Crippen LogP contribution is 2.17. The molecule has 0 amide bonds. The molecule has 17 heavy (non-hydrogen) atoms. The summed E-state index contributed by atoms with van der Waals surface area (Å²) in [5.41, 5.74) is -1.21. The van der Waals surface area contributed by atoms with E-state index in [1.807, 2.05) is 13.8 Å². The minimum absolute atomic E-state index is 0.131. The third kappa shape index (κ3) is 4.28. The van der Waals surface area contributed by atoms with Crippen LogP contribution in [0.4, 0.5) is 17.3 Å². The van der Waals surface area contributed by atoms with Gasteiger partial charge in [-0.15, -0.1) is 0 Å². The summed E-state index contributed by atoms with van der Waals surface area (Å²) >= 11 is 0. The Bertz CT molecular complexity index is 376. The summed E-state index contributed by atoms with van der Waals surface area (Å²) in [7, 11) is 0. The fourth-order valence-corrected chi connectivity index (χ4v) is 1.28. The molecule has 0 spiro atoms. The second-order valence-electron chi connectivity index (χ2n) is 4.29. The molecule has 0 aliphatic rings. The second-order valence-corrected chi connectivity index (χ2v) is 4.29. The van der Waals surface area contributed by atoms with Crippen LogP contribution in [-0.4, -0.2) is 13.6 Å². The average molecular weight is 249 g/mol. The van der Waals surface area contributed by atoms with Crippen molar-refractivity contribution in [3.8, 4) is 5.75 Å². The predicted molar refractivity (Wildman–Crippen MR) is 60.1 cm³/mol. The van der Waals surface area contributed by atoms with E-state index in [2.05, 4.69) is 0 Å². The lowest BCUT2D eigenvalue weighted by molar-refractivity contribution is 0.288. The number of rotatable bonds is 5. The van der Waals surface area contributed by atoms with Crippen LogP contribution in [0.25, 0.3) is 0 Å². The predicted octanol–water partition coefficient (Wildman–Crippen LogP) is 3.31. The molecule has 1 rings (SSSR count). The number of hydrogen-bond acceptors (Lipinski definition) is 1. The van der Waals surface area contributed by atoms with E-state index in [0.29, 0.717) is 12.5 Å². The van der Waals surface area contributed by atoms with Gasteiger partial charge in [0.15, 0.2) is 0 Å². The number of ether oxygens (including phenoxy) is 1. The van der Waals surface area contributed by atoms with Gasteiger partial charge >= 0.3 is 6.98 Å². The van der Waals surface area contributed by atoms with E-state index >= 15 is 0 Å². The van der Waals surface area contributed by atoms with E-state index in [0.717, 1.165) is 24.6 Å². The van der Waals surface area contributed by atoms with Gasteiger partial charge < -0.3 is 17.7 Å². The third-order valence-corrected chi connectivity index (χ3v) is 2.29. The molecule has 1 aromatic rings. The van der Waals surface area contributed by atoms with E-state index in [1.54, 1.807) is 0 Å². The summed E-state index contributed by atoms with van der Waals surface area (Å²) in [5, 5.41) is 0. The van der Waals surface area contributed by atoms with Gasteiger partial charge in [-0.2, -0.15) is 0 Å². The standard InChI is InChI=1S/C11H14BF4O/c1-8(2)5-6-17-9-3-4-10(11(13)7-9)12(14,15)16/h3-4,7-8H,5-6H2,1-2H3/q-1. The van der Waals surface area contributed by atoms with E-state index in [9.17, 15) is 17.3 Å². The van der Waals surface area contributed by atoms with Gasteiger partial charge in [-0.1, -0.05) is 25.4 Å². The Morgan fingerprint density at radius 1 is 1.24 bits per heavy atom. The van der Waals surface area contributed by atoms with Crippen LogP contribution in [-0.2, 0) is 0 Å². The molecule has 0 N–H and O–H groups in total. The number of halogens is 4. The SMILES string of the molecule is CC(C)CCOc1ccc([B-](F)(F)F)c(F)c1. The summed E-state index contributed by atoms with van der Waals surface area (Å²) in [6, 6.07) is 2.65. The molecule has 0 saturated heterocycles. The first-order valence-electron chi connectivity index (χ1n) is 5.43. The number of benzene rings is 1. The molecule has 0 saturated carbocycles. The molecule has 1 aromatic carbocycles.